The van der Waals surface area contributed by atoms with Gasteiger partial charge in [-0.3, -0.25) is 9.10 Å². The number of aliphatic carboxylic acids is 1. The van der Waals surface area contributed by atoms with Gasteiger partial charge >= 0.3 is 5.97 Å². The molecule has 2 rings (SSSR count). The molecule has 0 amide bonds. The van der Waals surface area contributed by atoms with Crippen molar-refractivity contribution in [2.24, 2.45) is 0 Å². The number of hydrogen-bond acceptors (Lipinski definition) is 5. The largest absolute Gasteiger partial charge is 0.493 e. The number of sulfonamides is 1. The van der Waals surface area contributed by atoms with Crippen LogP contribution in [0.25, 0.3) is 0 Å². The number of hydrogen-bond donors (Lipinski definition) is 1. The van der Waals surface area contributed by atoms with Crippen molar-refractivity contribution in [1.29, 1.82) is 0 Å². The summed E-state index contributed by atoms with van der Waals surface area (Å²) in [5, 5.41) is 9.23. The molecule has 1 N–H and O–H groups in total. The van der Waals surface area contributed by atoms with E-state index in [1.54, 1.807) is 12.1 Å². The topological polar surface area (TPSA) is 93.1 Å². The minimum atomic E-state index is -4.12. The Morgan fingerprint density at radius 2 is 1.58 bits per heavy atom. The van der Waals surface area contributed by atoms with Gasteiger partial charge in [0.25, 0.3) is 10.0 Å². The fraction of sp³-hybridized carbons (Fsp3) is 0.278. The smallest absolute Gasteiger partial charge is 0.324 e. The first-order valence-electron chi connectivity index (χ1n) is 7.74. The Balaban J connectivity index is 2.61. The summed E-state index contributed by atoms with van der Waals surface area (Å²) in [5.74, 6) is -0.639. The van der Waals surface area contributed by atoms with Gasteiger partial charge in [-0.05, 0) is 49.2 Å². The van der Waals surface area contributed by atoms with Gasteiger partial charge in [0.2, 0.25) is 0 Å². The van der Waals surface area contributed by atoms with Crippen LogP contribution in [0.15, 0.2) is 41.3 Å². The molecule has 8 heteroatoms. The lowest BCUT2D eigenvalue weighted by Crippen LogP contribution is -2.35. The molecule has 7 nitrogen and oxygen atoms in total. The van der Waals surface area contributed by atoms with E-state index in [1.807, 2.05) is 19.9 Å². The van der Waals surface area contributed by atoms with Crippen molar-refractivity contribution in [3.63, 3.8) is 0 Å². The monoisotopic (exact) mass is 379 g/mol. The average Bonchev–Trinajstić information content (AvgIpc) is 2.57. The molecule has 0 saturated heterocycles. The Morgan fingerprint density at radius 1 is 1.00 bits per heavy atom. The van der Waals surface area contributed by atoms with Crippen LogP contribution in [0.2, 0.25) is 0 Å². The van der Waals surface area contributed by atoms with Gasteiger partial charge in [-0.2, -0.15) is 0 Å². The SMILES string of the molecule is COc1ccc(S(=O)(=O)N(CC(=O)O)c2cc(C)cc(C)c2)cc1OC. The Bertz CT molecular complexity index is 903. The molecule has 0 aliphatic rings. The number of carboxylic acid groups (broad SMARTS) is 1. The Morgan fingerprint density at radius 3 is 2.08 bits per heavy atom. The minimum Gasteiger partial charge on any atom is -0.493 e. The summed E-state index contributed by atoms with van der Waals surface area (Å²) in [6, 6.07) is 9.28. The molecule has 0 saturated carbocycles. The molecule has 0 unspecified atom stereocenters. The van der Waals surface area contributed by atoms with E-state index in [1.165, 1.54) is 32.4 Å². The van der Waals surface area contributed by atoms with E-state index >= 15 is 0 Å². The van der Waals surface area contributed by atoms with Crippen LogP contribution in [0.4, 0.5) is 5.69 Å². The van der Waals surface area contributed by atoms with Crippen molar-refractivity contribution in [2.75, 3.05) is 25.1 Å². The second-order valence-corrected chi connectivity index (χ2v) is 7.63. The van der Waals surface area contributed by atoms with E-state index in [-0.39, 0.29) is 10.6 Å². The highest BCUT2D eigenvalue weighted by molar-refractivity contribution is 7.92. The second-order valence-electron chi connectivity index (χ2n) is 5.77. The molecule has 26 heavy (non-hydrogen) atoms. The molecule has 2 aromatic rings. The Labute approximate surface area is 152 Å². The zero-order chi connectivity index (χ0) is 19.5. The van der Waals surface area contributed by atoms with Crippen LogP contribution >= 0.6 is 0 Å². The molecule has 0 spiro atoms. The highest BCUT2D eigenvalue weighted by atomic mass is 32.2. The summed E-state index contributed by atoms with van der Waals surface area (Å²) in [4.78, 5) is 11.2. The van der Waals surface area contributed by atoms with E-state index < -0.39 is 22.5 Å². The highest BCUT2D eigenvalue weighted by Gasteiger charge is 2.28. The summed E-state index contributed by atoms with van der Waals surface area (Å²) in [5.41, 5.74) is 1.95. The van der Waals surface area contributed by atoms with Gasteiger partial charge in [-0.1, -0.05) is 6.07 Å². The summed E-state index contributed by atoms with van der Waals surface area (Å²) in [7, 11) is -1.28. The molecular formula is C18H21NO6S. The average molecular weight is 379 g/mol. The number of methoxy groups -OCH3 is 2. The highest BCUT2D eigenvalue weighted by Crippen LogP contribution is 2.32. The number of benzene rings is 2. The van der Waals surface area contributed by atoms with Gasteiger partial charge < -0.3 is 14.6 Å². The zero-order valence-corrected chi connectivity index (χ0v) is 15.8. The molecule has 0 aliphatic carbocycles. The predicted molar refractivity (Wildman–Crippen MR) is 97.6 cm³/mol. The predicted octanol–water partition coefficient (Wildman–Crippen LogP) is 2.60. The summed E-state index contributed by atoms with van der Waals surface area (Å²) in [6.45, 7) is 2.94. The van der Waals surface area contributed by atoms with Crippen molar-refractivity contribution in [2.45, 2.75) is 18.7 Å². The maximum absolute atomic E-state index is 13.1. The number of anilines is 1. The van der Waals surface area contributed by atoms with E-state index in [2.05, 4.69) is 0 Å². The van der Waals surface area contributed by atoms with Crippen LogP contribution in [-0.2, 0) is 14.8 Å². The van der Waals surface area contributed by atoms with Crippen LogP contribution < -0.4 is 13.8 Å². The first-order valence-corrected chi connectivity index (χ1v) is 9.18. The summed E-state index contributed by atoms with van der Waals surface area (Å²) >= 11 is 0. The number of carbonyl (C=O) groups is 1. The number of ether oxygens (including phenoxy) is 2. The standard InChI is InChI=1S/C18H21NO6S/c1-12-7-13(2)9-14(8-12)19(11-18(20)21)26(22,23)15-5-6-16(24-3)17(10-15)25-4/h5-10H,11H2,1-4H3,(H,20,21). The minimum absolute atomic E-state index is 0.0874. The van der Waals surface area contributed by atoms with Gasteiger partial charge in [0.1, 0.15) is 6.54 Å². The molecule has 2 aromatic carbocycles. The van der Waals surface area contributed by atoms with Crippen LogP contribution in [0.3, 0.4) is 0 Å². The second kappa shape index (κ2) is 7.65. The summed E-state index contributed by atoms with van der Waals surface area (Å²) in [6.07, 6.45) is 0. The van der Waals surface area contributed by atoms with Gasteiger partial charge in [0, 0.05) is 6.07 Å². The van der Waals surface area contributed by atoms with Crippen LogP contribution in [-0.4, -0.2) is 40.3 Å². The number of aryl methyl sites for hydroxylation is 2. The van der Waals surface area contributed by atoms with Crippen molar-refractivity contribution in [1.82, 2.24) is 0 Å². The van der Waals surface area contributed by atoms with Gasteiger partial charge in [0.05, 0.1) is 24.8 Å². The van der Waals surface area contributed by atoms with Gasteiger partial charge in [-0.15, -0.1) is 0 Å². The molecule has 0 aliphatic heterocycles. The van der Waals surface area contributed by atoms with Crippen molar-refractivity contribution < 1.29 is 27.8 Å². The first-order chi connectivity index (χ1) is 12.2. The Kier molecular flexibility index (Phi) is 5.76. The third-order valence-electron chi connectivity index (χ3n) is 3.72. The first kappa shape index (κ1) is 19.6. The van der Waals surface area contributed by atoms with Gasteiger partial charge in [-0.25, -0.2) is 8.42 Å². The quantitative estimate of drug-likeness (QED) is 0.795. The fourth-order valence-corrected chi connectivity index (χ4v) is 4.05. The zero-order valence-electron chi connectivity index (χ0n) is 15.0. The third-order valence-corrected chi connectivity index (χ3v) is 5.49. The molecule has 0 bridgehead atoms. The lowest BCUT2D eigenvalue weighted by molar-refractivity contribution is -0.135. The van der Waals surface area contributed by atoms with E-state index in [0.29, 0.717) is 11.4 Å². The molecule has 0 aromatic heterocycles. The van der Waals surface area contributed by atoms with Crippen molar-refractivity contribution in [3.05, 3.63) is 47.5 Å². The van der Waals surface area contributed by atoms with E-state index in [9.17, 15) is 18.3 Å². The summed E-state index contributed by atoms with van der Waals surface area (Å²) < 4.78 is 37.4. The number of nitrogens with zero attached hydrogens (tertiary/aromatic N) is 1. The number of carboxylic acids is 1. The number of rotatable bonds is 7. The Hall–Kier alpha value is -2.74. The molecule has 0 atom stereocenters. The van der Waals surface area contributed by atoms with Crippen LogP contribution in [0.5, 0.6) is 11.5 Å². The van der Waals surface area contributed by atoms with Crippen LogP contribution in [0.1, 0.15) is 11.1 Å². The van der Waals surface area contributed by atoms with Crippen molar-refractivity contribution in [3.8, 4) is 11.5 Å². The normalized spacial score (nSPS) is 11.1. The molecule has 0 fully saturated rings. The molecule has 140 valence electrons. The maximum Gasteiger partial charge on any atom is 0.324 e. The molecule has 0 heterocycles. The van der Waals surface area contributed by atoms with Crippen LogP contribution in [0, 0.1) is 13.8 Å². The fourth-order valence-electron chi connectivity index (χ4n) is 2.64. The lowest BCUT2D eigenvalue weighted by Gasteiger charge is -2.24. The van der Waals surface area contributed by atoms with Gasteiger partial charge in [0.15, 0.2) is 11.5 Å². The molecular weight excluding hydrogens is 358 g/mol. The maximum atomic E-state index is 13.1. The third kappa shape index (κ3) is 4.08. The molecule has 0 radical (unpaired) electrons. The van der Waals surface area contributed by atoms with Crippen molar-refractivity contribution >= 4 is 21.7 Å². The lowest BCUT2D eigenvalue weighted by atomic mass is 10.1. The van der Waals surface area contributed by atoms with E-state index in [0.717, 1.165) is 15.4 Å². The van der Waals surface area contributed by atoms with E-state index in [4.69, 9.17) is 9.47 Å².